The topological polar surface area (TPSA) is 24.1 Å². The minimum absolute atomic E-state index is 0.198. The van der Waals surface area contributed by atoms with Crippen LogP contribution in [0.1, 0.15) is 32.8 Å². The molecule has 1 aliphatic heterocycles. The van der Waals surface area contributed by atoms with Crippen LogP contribution < -0.4 is 10.6 Å². The molecule has 0 spiro atoms. The third kappa shape index (κ3) is 3.01. The minimum Gasteiger partial charge on any atom is -0.380 e. The summed E-state index contributed by atoms with van der Waals surface area (Å²) in [6, 6.07) is 7.25. The summed E-state index contributed by atoms with van der Waals surface area (Å²) >= 11 is 1.99. The Hall–Kier alpha value is -0.670. The van der Waals surface area contributed by atoms with Crippen molar-refractivity contribution in [3.8, 4) is 0 Å². The van der Waals surface area contributed by atoms with Crippen molar-refractivity contribution in [3.63, 3.8) is 0 Å². The highest BCUT2D eigenvalue weighted by molar-refractivity contribution is 7.99. The lowest BCUT2D eigenvalue weighted by atomic mass is 9.85. The van der Waals surface area contributed by atoms with E-state index in [1.807, 2.05) is 18.8 Å². The lowest BCUT2D eigenvalue weighted by molar-refractivity contribution is 0.585. The number of hydrogen-bond donors (Lipinski definition) is 2. The van der Waals surface area contributed by atoms with Crippen LogP contribution in [0.5, 0.6) is 0 Å². The Bertz CT molecular complexity index is 409. The van der Waals surface area contributed by atoms with Gasteiger partial charge in [0.2, 0.25) is 0 Å². The number of para-hydroxylation sites is 1. The first-order valence-electron chi connectivity index (χ1n) is 6.70. The van der Waals surface area contributed by atoms with Gasteiger partial charge >= 0.3 is 0 Å². The van der Waals surface area contributed by atoms with Gasteiger partial charge in [-0.05, 0) is 37.1 Å². The first-order valence-corrected chi connectivity index (χ1v) is 7.68. The Balaban J connectivity index is 2.23. The van der Waals surface area contributed by atoms with E-state index in [9.17, 15) is 0 Å². The van der Waals surface area contributed by atoms with E-state index in [1.54, 1.807) is 0 Å². The van der Waals surface area contributed by atoms with Gasteiger partial charge in [0.05, 0.1) is 5.69 Å². The van der Waals surface area contributed by atoms with Crippen LogP contribution in [-0.4, -0.2) is 25.4 Å². The molecule has 3 heteroatoms. The zero-order chi connectivity index (χ0) is 13.2. The van der Waals surface area contributed by atoms with Crippen LogP contribution in [0, 0.1) is 0 Å². The summed E-state index contributed by atoms with van der Waals surface area (Å²) in [5.74, 6) is 1.17. The Morgan fingerprint density at radius 3 is 2.83 bits per heavy atom. The van der Waals surface area contributed by atoms with Crippen molar-refractivity contribution in [2.24, 2.45) is 0 Å². The number of rotatable bonds is 3. The highest BCUT2D eigenvalue weighted by Gasteiger charge is 2.25. The number of anilines is 1. The molecule has 0 saturated carbocycles. The third-order valence-electron chi connectivity index (χ3n) is 3.37. The largest absolute Gasteiger partial charge is 0.380 e. The number of thioether (sulfide) groups is 1. The van der Waals surface area contributed by atoms with Crippen molar-refractivity contribution in [1.29, 1.82) is 0 Å². The van der Waals surface area contributed by atoms with Crippen molar-refractivity contribution in [1.82, 2.24) is 5.32 Å². The first kappa shape index (κ1) is 13.8. The SMILES string of the molecule is CNCCC1CSc2cccc(C(C)(C)C)c2N1. The maximum Gasteiger partial charge on any atom is 0.0518 e. The third-order valence-corrected chi connectivity index (χ3v) is 4.59. The molecule has 0 aromatic heterocycles. The number of nitrogens with one attached hydrogen (secondary N) is 2. The quantitative estimate of drug-likeness (QED) is 0.874. The molecule has 18 heavy (non-hydrogen) atoms. The zero-order valence-electron chi connectivity index (χ0n) is 11.8. The summed E-state index contributed by atoms with van der Waals surface area (Å²) < 4.78 is 0. The van der Waals surface area contributed by atoms with Gasteiger partial charge in [0.25, 0.3) is 0 Å². The molecule has 1 aromatic carbocycles. The van der Waals surface area contributed by atoms with Gasteiger partial charge < -0.3 is 10.6 Å². The van der Waals surface area contributed by atoms with E-state index in [1.165, 1.54) is 28.3 Å². The molecular weight excluding hydrogens is 240 g/mol. The molecule has 2 N–H and O–H groups in total. The molecule has 2 nitrogen and oxygen atoms in total. The predicted octanol–water partition coefficient (Wildman–Crippen LogP) is 3.48. The average Bonchev–Trinajstić information content (AvgIpc) is 2.34. The van der Waals surface area contributed by atoms with Crippen molar-refractivity contribution in [3.05, 3.63) is 23.8 Å². The monoisotopic (exact) mass is 264 g/mol. The highest BCUT2D eigenvalue weighted by atomic mass is 32.2. The van der Waals surface area contributed by atoms with Crippen molar-refractivity contribution in [2.45, 2.75) is 43.5 Å². The van der Waals surface area contributed by atoms with Crippen molar-refractivity contribution >= 4 is 17.4 Å². The maximum atomic E-state index is 3.75. The van der Waals surface area contributed by atoms with E-state index >= 15 is 0 Å². The number of benzene rings is 1. The lowest BCUT2D eigenvalue weighted by Gasteiger charge is -2.32. The van der Waals surface area contributed by atoms with Crippen molar-refractivity contribution < 1.29 is 0 Å². The van der Waals surface area contributed by atoms with E-state index < -0.39 is 0 Å². The summed E-state index contributed by atoms with van der Waals surface area (Å²) in [6.07, 6.45) is 1.18. The molecule has 100 valence electrons. The molecule has 1 unspecified atom stereocenters. The fraction of sp³-hybridized carbons (Fsp3) is 0.600. The molecule has 1 aliphatic rings. The summed E-state index contributed by atoms with van der Waals surface area (Å²) in [5.41, 5.74) is 2.99. The van der Waals surface area contributed by atoms with Gasteiger partial charge in [-0.1, -0.05) is 32.9 Å². The van der Waals surface area contributed by atoms with Gasteiger partial charge in [-0.3, -0.25) is 0 Å². The number of hydrogen-bond acceptors (Lipinski definition) is 3. The van der Waals surface area contributed by atoms with E-state index in [4.69, 9.17) is 0 Å². The molecule has 0 fully saturated rings. The molecular formula is C15H24N2S. The normalized spacial score (nSPS) is 19.2. The van der Waals surface area contributed by atoms with E-state index in [0.29, 0.717) is 6.04 Å². The van der Waals surface area contributed by atoms with E-state index in [-0.39, 0.29) is 5.41 Å². The second-order valence-corrected chi connectivity index (χ2v) is 7.04. The van der Waals surface area contributed by atoms with E-state index in [0.717, 1.165) is 6.54 Å². The molecule has 0 radical (unpaired) electrons. The Morgan fingerprint density at radius 2 is 2.17 bits per heavy atom. The summed E-state index contributed by atoms with van der Waals surface area (Å²) in [7, 11) is 2.02. The maximum absolute atomic E-state index is 3.75. The van der Waals surface area contributed by atoms with Crippen LogP contribution in [0.3, 0.4) is 0 Å². The van der Waals surface area contributed by atoms with Gasteiger partial charge in [-0.2, -0.15) is 0 Å². The zero-order valence-corrected chi connectivity index (χ0v) is 12.7. The molecule has 0 bridgehead atoms. The molecule has 1 heterocycles. The average molecular weight is 264 g/mol. The van der Waals surface area contributed by atoms with Crippen LogP contribution in [0.15, 0.2) is 23.1 Å². The van der Waals surface area contributed by atoms with Gasteiger partial charge in [0.1, 0.15) is 0 Å². The Morgan fingerprint density at radius 1 is 1.39 bits per heavy atom. The fourth-order valence-electron chi connectivity index (χ4n) is 2.34. The summed E-state index contributed by atoms with van der Waals surface area (Å²) in [4.78, 5) is 1.41. The van der Waals surface area contributed by atoms with E-state index in [2.05, 4.69) is 49.6 Å². The van der Waals surface area contributed by atoms with Crippen LogP contribution >= 0.6 is 11.8 Å². The molecule has 1 aromatic rings. The Kier molecular flexibility index (Phi) is 4.23. The molecule has 1 atom stereocenters. The van der Waals surface area contributed by atoms with Gasteiger partial charge in [-0.15, -0.1) is 11.8 Å². The molecule has 0 amide bonds. The van der Waals surface area contributed by atoms with Crippen LogP contribution in [0.2, 0.25) is 0 Å². The second-order valence-electron chi connectivity index (χ2n) is 5.97. The first-order chi connectivity index (χ1) is 8.52. The minimum atomic E-state index is 0.198. The summed E-state index contributed by atoms with van der Waals surface area (Å²) in [6.45, 7) is 7.93. The molecule has 0 saturated heterocycles. The van der Waals surface area contributed by atoms with Crippen molar-refractivity contribution in [2.75, 3.05) is 24.7 Å². The fourth-order valence-corrected chi connectivity index (χ4v) is 3.45. The Labute approximate surface area is 115 Å². The number of fused-ring (bicyclic) bond motifs is 1. The van der Waals surface area contributed by atoms with Gasteiger partial charge in [0, 0.05) is 16.7 Å². The van der Waals surface area contributed by atoms with Crippen LogP contribution in [-0.2, 0) is 5.41 Å². The molecule has 2 rings (SSSR count). The highest BCUT2D eigenvalue weighted by Crippen LogP contribution is 2.40. The standard InChI is InChI=1S/C15H24N2S/c1-15(2,3)12-6-5-7-13-14(12)17-11(10-18-13)8-9-16-4/h5-7,11,16-17H,8-10H2,1-4H3. The molecule has 0 aliphatic carbocycles. The van der Waals surface area contributed by atoms with Crippen LogP contribution in [0.4, 0.5) is 5.69 Å². The predicted molar refractivity (Wildman–Crippen MR) is 81.8 cm³/mol. The van der Waals surface area contributed by atoms with Gasteiger partial charge in [0.15, 0.2) is 0 Å². The van der Waals surface area contributed by atoms with Crippen LogP contribution in [0.25, 0.3) is 0 Å². The summed E-state index contributed by atoms with van der Waals surface area (Å²) in [5, 5.41) is 6.98. The lowest BCUT2D eigenvalue weighted by Crippen LogP contribution is -2.31. The van der Waals surface area contributed by atoms with Gasteiger partial charge in [-0.25, -0.2) is 0 Å². The second kappa shape index (κ2) is 5.54. The smallest absolute Gasteiger partial charge is 0.0518 e.